The van der Waals surface area contributed by atoms with E-state index in [4.69, 9.17) is 4.74 Å². The van der Waals surface area contributed by atoms with Gasteiger partial charge in [0, 0.05) is 23.0 Å². The first kappa shape index (κ1) is 14.8. The van der Waals surface area contributed by atoms with Crippen molar-refractivity contribution in [3.05, 3.63) is 28.2 Å². The second-order valence-corrected chi connectivity index (χ2v) is 6.31. The summed E-state index contributed by atoms with van der Waals surface area (Å²) >= 11 is 3.49. The third-order valence-electron chi connectivity index (χ3n) is 4.06. The highest BCUT2D eigenvalue weighted by molar-refractivity contribution is 9.10. The van der Waals surface area contributed by atoms with E-state index in [-0.39, 0.29) is 5.41 Å². The highest BCUT2D eigenvalue weighted by atomic mass is 79.9. The number of hydrogen-bond donors (Lipinski definition) is 2. The van der Waals surface area contributed by atoms with E-state index in [0.29, 0.717) is 6.61 Å². The molecular weight excluding hydrogens is 306 g/mol. The molecule has 1 aromatic carbocycles. The second kappa shape index (κ2) is 6.73. The molecule has 2 N–H and O–H groups in total. The van der Waals surface area contributed by atoms with Gasteiger partial charge in [0.2, 0.25) is 0 Å². The van der Waals surface area contributed by atoms with Crippen molar-refractivity contribution < 1.29 is 9.84 Å². The number of benzene rings is 1. The number of nitrogens with one attached hydrogen (secondary N) is 1. The molecule has 0 spiro atoms. The third kappa shape index (κ3) is 3.71. The molecule has 4 heteroatoms. The van der Waals surface area contributed by atoms with Crippen molar-refractivity contribution in [1.29, 1.82) is 0 Å². The summed E-state index contributed by atoms with van der Waals surface area (Å²) < 4.78 is 6.44. The van der Waals surface area contributed by atoms with Crippen molar-refractivity contribution in [1.82, 2.24) is 5.32 Å². The maximum absolute atomic E-state index is 9.41. The number of halogens is 1. The van der Waals surface area contributed by atoms with Gasteiger partial charge in [0.15, 0.2) is 0 Å². The van der Waals surface area contributed by atoms with Crippen molar-refractivity contribution >= 4 is 15.9 Å². The predicted molar refractivity (Wildman–Crippen MR) is 80.6 cm³/mol. The molecule has 0 aromatic heterocycles. The molecule has 106 valence electrons. The molecule has 19 heavy (non-hydrogen) atoms. The van der Waals surface area contributed by atoms with Gasteiger partial charge >= 0.3 is 0 Å². The van der Waals surface area contributed by atoms with Crippen LogP contribution in [0, 0.1) is 5.41 Å². The van der Waals surface area contributed by atoms with Gasteiger partial charge in [0.1, 0.15) is 5.75 Å². The minimum Gasteiger partial charge on any atom is -0.496 e. The van der Waals surface area contributed by atoms with E-state index >= 15 is 0 Å². The average molecular weight is 328 g/mol. The van der Waals surface area contributed by atoms with Crippen LogP contribution >= 0.6 is 15.9 Å². The number of aliphatic hydroxyl groups is 1. The van der Waals surface area contributed by atoms with E-state index in [0.717, 1.165) is 42.6 Å². The zero-order valence-electron chi connectivity index (χ0n) is 11.4. The van der Waals surface area contributed by atoms with Crippen molar-refractivity contribution in [2.75, 3.05) is 26.8 Å². The Morgan fingerprint density at radius 2 is 2.21 bits per heavy atom. The fourth-order valence-electron chi connectivity index (χ4n) is 2.59. The summed E-state index contributed by atoms with van der Waals surface area (Å²) in [4.78, 5) is 0. The van der Waals surface area contributed by atoms with Gasteiger partial charge in [0.25, 0.3) is 0 Å². The predicted octanol–water partition coefficient (Wildman–Crippen LogP) is 2.75. The van der Waals surface area contributed by atoms with Crippen LogP contribution in [0.4, 0.5) is 0 Å². The first-order valence-electron chi connectivity index (χ1n) is 6.83. The molecule has 0 saturated heterocycles. The van der Waals surface area contributed by atoms with E-state index < -0.39 is 0 Å². The Kier molecular flexibility index (Phi) is 5.25. The van der Waals surface area contributed by atoms with Crippen LogP contribution in [0.25, 0.3) is 0 Å². The van der Waals surface area contributed by atoms with E-state index in [1.54, 1.807) is 7.11 Å². The fraction of sp³-hybridized carbons (Fsp3) is 0.600. The fourth-order valence-corrected chi connectivity index (χ4v) is 3.00. The Morgan fingerprint density at radius 3 is 2.79 bits per heavy atom. The van der Waals surface area contributed by atoms with Gasteiger partial charge < -0.3 is 15.2 Å². The summed E-state index contributed by atoms with van der Waals surface area (Å²) in [5.74, 6) is 0.936. The Bertz CT molecular complexity index is 413. The highest BCUT2D eigenvalue weighted by Crippen LogP contribution is 2.39. The highest BCUT2D eigenvalue weighted by Gasteiger charge is 2.35. The van der Waals surface area contributed by atoms with Gasteiger partial charge in [-0.15, -0.1) is 0 Å². The zero-order chi connectivity index (χ0) is 13.7. The first-order chi connectivity index (χ1) is 9.19. The molecule has 1 aromatic rings. The monoisotopic (exact) mass is 327 g/mol. The summed E-state index contributed by atoms with van der Waals surface area (Å²) in [6.45, 7) is 2.13. The summed E-state index contributed by atoms with van der Waals surface area (Å²) in [5.41, 5.74) is 1.36. The number of hydrogen-bond acceptors (Lipinski definition) is 3. The molecule has 2 rings (SSSR count). The lowest BCUT2D eigenvalue weighted by molar-refractivity contribution is 0.0450. The molecule has 0 bridgehead atoms. The Morgan fingerprint density at radius 1 is 1.42 bits per heavy atom. The van der Waals surface area contributed by atoms with E-state index in [1.165, 1.54) is 12.0 Å². The van der Waals surface area contributed by atoms with Gasteiger partial charge in [-0.05, 0) is 49.6 Å². The number of rotatable bonds is 7. The molecule has 0 heterocycles. The SMILES string of the molecule is COc1ccc(Br)cc1CCNCC1(CO)CCC1. The van der Waals surface area contributed by atoms with Crippen molar-refractivity contribution in [3.63, 3.8) is 0 Å². The Balaban J connectivity index is 1.80. The van der Waals surface area contributed by atoms with Crippen molar-refractivity contribution in [2.45, 2.75) is 25.7 Å². The first-order valence-corrected chi connectivity index (χ1v) is 7.62. The third-order valence-corrected chi connectivity index (χ3v) is 4.56. The molecule has 1 fully saturated rings. The Hall–Kier alpha value is -0.580. The second-order valence-electron chi connectivity index (χ2n) is 5.39. The van der Waals surface area contributed by atoms with Crippen LogP contribution in [0.2, 0.25) is 0 Å². The maximum atomic E-state index is 9.41. The molecule has 1 saturated carbocycles. The molecule has 0 radical (unpaired) electrons. The maximum Gasteiger partial charge on any atom is 0.122 e. The molecule has 0 atom stereocenters. The van der Waals surface area contributed by atoms with E-state index in [2.05, 4.69) is 27.3 Å². The van der Waals surface area contributed by atoms with Gasteiger partial charge in [-0.2, -0.15) is 0 Å². The van der Waals surface area contributed by atoms with Crippen molar-refractivity contribution in [3.8, 4) is 5.75 Å². The Labute approximate surface area is 123 Å². The average Bonchev–Trinajstić information content (AvgIpc) is 2.37. The van der Waals surface area contributed by atoms with Crippen LogP contribution < -0.4 is 10.1 Å². The largest absolute Gasteiger partial charge is 0.496 e. The lowest BCUT2D eigenvalue weighted by Gasteiger charge is -2.40. The molecule has 0 amide bonds. The summed E-state index contributed by atoms with van der Waals surface area (Å²) in [7, 11) is 1.70. The number of aliphatic hydroxyl groups excluding tert-OH is 1. The van der Waals surface area contributed by atoms with E-state index in [1.807, 2.05) is 12.1 Å². The van der Waals surface area contributed by atoms with Crippen LogP contribution in [0.1, 0.15) is 24.8 Å². The number of methoxy groups -OCH3 is 1. The smallest absolute Gasteiger partial charge is 0.122 e. The molecule has 1 aliphatic rings. The van der Waals surface area contributed by atoms with Crippen molar-refractivity contribution in [2.24, 2.45) is 5.41 Å². The van der Waals surface area contributed by atoms with Crippen LogP contribution in [0.5, 0.6) is 5.75 Å². The van der Waals surface area contributed by atoms with Crippen LogP contribution in [0.15, 0.2) is 22.7 Å². The normalized spacial score (nSPS) is 17.0. The topological polar surface area (TPSA) is 41.5 Å². The summed E-state index contributed by atoms with van der Waals surface area (Å²) in [6.07, 6.45) is 4.49. The van der Waals surface area contributed by atoms with E-state index in [9.17, 15) is 5.11 Å². The van der Waals surface area contributed by atoms with Gasteiger partial charge in [-0.25, -0.2) is 0 Å². The molecule has 0 unspecified atom stereocenters. The summed E-state index contributed by atoms with van der Waals surface area (Å²) in [6, 6.07) is 6.08. The lowest BCUT2D eigenvalue weighted by atomic mass is 9.69. The molecule has 1 aliphatic carbocycles. The minimum atomic E-state index is 0.154. The van der Waals surface area contributed by atoms with Crippen LogP contribution in [0.3, 0.4) is 0 Å². The standard InChI is InChI=1S/C15H22BrNO2/c1-19-14-4-3-13(16)9-12(14)5-8-17-10-15(11-18)6-2-7-15/h3-4,9,17-18H,2,5-8,10-11H2,1H3. The van der Waals surface area contributed by atoms with Gasteiger partial charge in [-0.3, -0.25) is 0 Å². The quantitative estimate of drug-likeness (QED) is 0.756. The lowest BCUT2D eigenvalue weighted by Crippen LogP contribution is -2.43. The van der Waals surface area contributed by atoms with Gasteiger partial charge in [0.05, 0.1) is 7.11 Å². The molecule has 0 aliphatic heterocycles. The summed E-state index contributed by atoms with van der Waals surface area (Å²) in [5, 5.41) is 12.9. The van der Waals surface area contributed by atoms with Gasteiger partial charge in [-0.1, -0.05) is 22.4 Å². The number of ether oxygens (including phenoxy) is 1. The molecular formula is C15H22BrNO2. The van der Waals surface area contributed by atoms with Crippen LogP contribution in [-0.2, 0) is 6.42 Å². The molecule has 3 nitrogen and oxygen atoms in total. The van der Waals surface area contributed by atoms with Crippen LogP contribution in [-0.4, -0.2) is 31.9 Å². The minimum absolute atomic E-state index is 0.154. The zero-order valence-corrected chi connectivity index (χ0v) is 13.0.